The van der Waals surface area contributed by atoms with Crippen molar-refractivity contribution in [3.05, 3.63) is 83.4 Å². The molecule has 0 radical (unpaired) electrons. The third kappa shape index (κ3) is 2.27. The van der Waals surface area contributed by atoms with Crippen LogP contribution in [-0.4, -0.2) is 5.78 Å². The van der Waals surface area contributed by atoms with Gasteiger partial charge in [-0.2, -0.15) is 0 Å². The predicted molar refractivity (Wildman–Crippen MR) is 99.6 cm³/mol. The number of Topliss-reactive ketones (excluding diaryl/α,β-unsaturated/α-hetero) is 1. The van der Waals surface area contributed by atoms with Crippen LogP contribution in [0.2, 0.25) is 0 Å². The highest BCUT2D eigenvalue weighted by atomic mass is 16.1. The number of ketones is 1. The zero-order valence-electron chi connectivity index (χ0n) is 14.1. The number of carbonyl (C=O) groups excluding carboxylic acids is 1. The lowest BCUT2D eigenvalue weighted by Gasteiger charge is -2.31. The largest absolute Gasteiger partial charge is 0.294 e. The minimum absolute atomic E-state index is 0.159. The second kappa shape index (κ2) is 5.90. The van der Waals surface area contributed by atoms with Gasteiger partial charge in [0.25, 0.3) is 0 Å². The van der Waals surface area contributed by atoms with Crippen LogP contribution in [0, 0.1) is 0 Å². The molecule has 0 heterocycles. The second-order valence-electron chi connectivity index (χ2n) is 6.89. The van der Waals surface area contributed by atoms with Gasteiger partial charge in [-0.1, -0.05) is 86.5 Å². The number of hydrogen-bond acceptors (Lipinski definition) is 1. The fourth-order valence-corrected chi connectivity index (χ4v) is 4.20. The summed E-state index contributed by atoms with van der Waals surface area (Å²) in [5, 5.41) is 2.51. The molecule has 1 heteroatoms. The van der Waals surface area contributed by atoms with Gasteiger partial charge in [-0.3, -0.25) is 4.79 Å². The van der Waals surface area contributed by atoms with E-state index in [9.17, 15) is 4.79 Å². The van der Waals surface area contributed by atoms with Crippen molar-refractivity contribution in [2.75, 3.05) is 0 Å². The quantitative estimate of drug-likeness (QED) is 0.585. The van der Waals surface area contributed by atoms with Crippen LogP contribution >= 0.6 is 0 Å². The number of benzene rings is 3. The third-order valence-corrected chi connectivity index (χ3v) is 5.46. The summed E-state index contributed by atoms with van der Waals surface area (Å²) in [5.41, 5.74) is 3.27. The molecular formula is C23H22O. The average molecular weight is 314 g/mol. The SMILES string of the molecule is CCCCC1(c2ccc3ccccc3c2)CC(=O)c2ccccc21. The van der Waals surface area contributed by atoms with E-state index >= 15 is 0 Å². The molecule has 4 rings (SSSR count). The van der Waals surface area contributed by atoms with E-state index in [1.807, 2.05) is 12.1 Å². The fourth-order valence-electron chi connectivity index (χ4n) is 4.20. The van der Waals surface area contributed by atoms with Crippen LogP contribution in [0.5, 0.6) is 0 Å². The molecule has 0 saturated heterocycles. The molecule has 1 aliphatic carbocycles. The highest BCUT2D eigenvalue weighted by Crippen LogP contribution is 2.48. The Kier molecular flexibility index (Phi) is 3.72. The van der Waals surface area contributed by atoms with E-state index in [0.29, 0.717) is 6.42 Å². The first kappa shape index (κ1) is 15.1. The Hall–Kier alpha value is -2.41. The minimum Gasteiger partial charge on any atom is -0.294 e. The van der Waals surface area contributed by atoms with Crippen LogP contribution in [0.1, 0.15) is 54.1 Å². The second-order valence-corrected chi connectivity index (χ2v) is 6.89. The van der Waals surface area contributed by atoms with Gasteiger partial charge in [0.2, 0.25) is 0 Å². The molecule has 24 heavy (non-hydrogen) atoms. The van der Waals surface area contributed by atoms with Crippen molar-refractivity contribution in [2.45, 2.75) is 38.0 Å². The third-order valence-electron chi connectivity index (χ3n) is 5.46. The lowest BCUT2D eigenvalue weighted by Crippen LogP contribution is -2.25. The maximum Gasteiger partial charge on any atom is 0.164 e. The smallest absolute Gasteiger partial charge is 0.164 e. The lowest BCUT2D eigenvalue weighted by atomic mass is 9.71. The topological polar surface area (TPSA) is 17.1 Å². The van der Waals surface area contributed by atoms with Gasteiger partial charge in [0.05, 0.1) is 0 Å². The van der Waals surface area contributed by atoms with E-state index in [1.165, 1.54) is 21.9 Å². The monoisotopic (exact) mass is 314 g/mol. The first-order chi connectivity index (χ1) is 11.7. The average Bonchev–Trinajstić information content (AvgIpc) is 2.93. The summed E-state index contributed by atoms with van der Waals surface area (Å²) in [6.45, 7) is 2.22. The summed E-state index contributed by atoms with van der Waals surface area (Å²) in [4.78, 5) is 12.7. The van der Waals surface area contributed by atoms with E-state index in [2.05, 4.69) is 61.5 Å². The van der Waals surface area contributed by atoms with Gasteiger partial charge in [-0.05, 0) is 28.3 Å². The Labute approximate surface area is 143 Å². The first-order valence-electron chi connectivity index (χ1n) is 8.86. The van der Waals surface area contributed by atoms with Crippen molar-refractivity contribution >= 4 is 16.6 Å². The Bertz CT molecular complexity index is 909. The molecule has 0 spiro atoms. The molecule has 1 atom stereocenters. The number of hydrogen-bond donors (Lipinski definition) is 0. The van der Waals surface area contributed by atoms with Crippen LogP contribution in [0.3, 0.4) is 0 Å². The van der Waals surface area contributed by atoms with Gasteiger partial charge in [0.1, 0.15) is 0 Å². The Morgan fingerprint density at radius 2 is 1.67 bits per heavy atom. The van der Waals surface area contributed by atoms with E-state index in [-0.39, 0.29) is 11.2 Å². The minimum atomic E-state index is -0.159. The summed E-state index contributed by atoms with van der Waals surface area (Å²) in [7, 11) is 0. The van der Waals surface area contributed by atoms with Crippen LogP contribution < -0.4 is 0 Å². The van der Waals surface area contributed by atoms with Crippen molar-refractivity contribution < 1.29 is 4.79 Å². The summed E-state index contributed by atoms with van der Waals surface area (Å²) in [5.74, 6) is 0.287. The normalized spacial score (nSPS) is 19.6. The van der Waals surface area contributed by atoms with Crippen molar-refractivity contribution in [1.29, 1.82) is 0 Å². The van der Waals surface area contributed by atoms with Crippen LogP contribution in [-0.2, 0) is 5.41 Å². The summed E-state index contributed by atoms with van der Waals surface area (Å²) < 4.78 is 0. The maximum atomic E-state index is 12.7. The molecule has 120 valence electrons. The van der Waals surface area contributed by atoms with Gasteiger partial charge in [-0.25, -0.2) is 0 Å². The van der Waals surface area contributed by atoms with Crippen molar-refractivity contribution in [2.24, 2.45) is 0 Å². The summed E-state index contributed by atoms with van der Waals surface area (Å²) >= 11 is 0. The van der Waals surface area contributed by atoms with Gasteiger partial charge >= 0.3 is 0 Å². The van der Waals surface area contributed by atoms with Crippen LogP contribution in [0.15, 0.2) is 66.7 Å². The van der Waals surface area contributed by atoms with Gasteiger partial charge in [0.15, 0.2) is 5.78 Å². The molecule has 0 N–H and O–H groups in total. The number of carbonyl (C=O) groups is 1. The zero-order valence-corrected chi connectivity index (χ0v) is 14.1. The molecule has 3 aromatic rings. The fraction of sp³-hybridized carbons (Fsp3) is 0.261. The molecule has 1 aliphatic rings. The molecule has 3 aromatic carbocycles. The van der Waals surface area contributed by atoms with Crippen LogP contribution in [0.25, 0.3) is 10.8 Å². The molecule has 1 nitrogen and oxygen atoms in total. The maximum absolute atomic E-state index is 12.7. The Morgan fingerprint density at radius 1 is 0.917 bits per heavy atom. The predicted octanol–water partition coefficient (Wildman–Crippen LogP) is 5.90. The molecule has 0 aromatic heterocycles. The molecule has 0 amide bonds. The number of fused-ring (bicyclic) bond motifs is 2. The van der Waals surface area contributed by atoms with E-state index in [1.54, 1.807) is 0 Å². The van der Waals surface area contributed by atoms with Gasteiger partial charge < -0.3 is 0 Å². The highest BCUT2D eigenvalue weighted by molar-refractivity contribution is 6.03. The molecule has 0 saturated carbocycles. The van der Waals surface area contributed by atoms with Gasteiger partial charge in [-0.15, -0.1) is 0 Å². The van der Waals surface area contributed by atoms with E-state index < -0.39 is 0 Å². The van der Waals surface area contributed by atoms with Crippen molar-refractivity contribution in [3.8, 4) is 0 Å². The summed E-state index contributed by atoms with van der Waals surface area (Å²) in [6, 6.07) is 23.4. The molecule has 0 aliphatic heterocycles. The zero-order chi connectivity index (χ0) is 16.6. The van der Waals surface area contributed by atoms with Crippen molar-refractivity contribution in [1.82, 2.24) is 0 Å². The van der Waals surface area contributed by atoms with E-state index in [0.717, 1.165) is 24.8 Å². The summed E-state index contributed by atoms with van der Waals surface area (Å²) in [6.07, 6.45) is 3.91. The number of rotatable bonds is 4. The molecular weight excluding hydrogens is 292 g/mol. The Balaban J connectivity index is 1.92. The molecule has 1 unspecified atom stereocenters. The molecule has 0 bridgehead atoms. The van der Waals surface area contributed by atoms with E-state index in [4.69, 9.17) is 0 Å². The molecule has 0 fully saturated rings. The van der Waals surface area contributed by atoms with Crippen LogP contribution in [0.4, 0.5) is 0 Å². The van der Waals surface area contributed by atoms with Gasteiger partial charge in [0, 0.05) is 17.4 Å². The standard InChI is InChI=1S/C23H22O/c1-2-3-14-23(16-22(24)20-10-6-7-11-21(20)23)19-13-12-17-8-4-5-9-18(17)15-19/h4-13,15H,2-3,14,16H2,1H3. The number of unbranched alkanes of at least 4 members (excludes halogenated alkanes) is 1. The Morgan fingerprint density at radius 3 is 2.50 bits per heavy atom. The lowest BCUT2D eigenvalue weighted by molar-refractivity contribution is 0.0977. The van der Waals surface area contributed by atoms with Crippen molar-refractivity contribution in [3.63, 3.8) is 0 Å². The highest BCUT2D eigenvalue weighted by Gasteiger charge is 2.43. The first-order valence-corrected chi connectivity index (χ1v) is 8.86.